The summed E-state index contributed by atoms with van der Waals surface area (Å²) in [6, 6.07) is 11.9. The Bertz CT molecular complexity index is 1530. The van der Waals surface area contributed by atoms with Crippen molar-refractivity contribution in [1.29, 1.82) is 0 Å². The Balaban J connectivity index is 1.51. The molecule has 0 aliphatic carbocycles. The van der Waals surface area contributed by atoms with E-state index < -0.39 is 37.3 Å². The Kier molecular flexibility index (Phi) is 5.70. The summed E-state index contributed by atoms with van der Waals surface area (Å²) in [6.45, 7) is 0. The number of carbonyl (C=O) groups is 2. The minimum absolute atomic E-state index is 0.0181. The summed E-state index contributed by atoms with van der Waals surface area (Å²) in [5.74, 6) is -1.15. The zero-order valence-corrected chi connectivity index (χ0v) is 19.8. The molecule has 1 fully saturated rings. The Labute approximate surface area is 200 Å². The number of hydrogen-bond acceptors (Lipinski definition) is 10. The van der Waals surface area contributed by atoms with E-state index in [0.717, 1.165) is 29.4 Å². The van der Waals surface area contributed by atoms with Gasteiger partial charge < -0.3 is 4.42 Å². The third-order valence-electron chi connectivity index (χ3n) is 5.06. The average molecular weight is 519 g/mol. The van der Waals surface area contributed by atoms with Gasteiger partial charge in [-0.25, -0.2) is 17.8 Å². The van der Waals surface area contributed by atoms with Gasteiger partial charge in [-0.05, 0) is 11.6 Å². The highest BCUT2D eigenvalue weighted by molar-refractivity contribution is 8.15. The number of thiazole rings is 1. The lowest BCUT2D eigenvalue weighted by molar-refractivity contribution is -0.119. The van der Waals surface area contributed by atoms with E-state index in [9.17, 15) is 22.4 Å². The predicted octanol–water partition coefficient (Wildman–Crippen LogP) is 3.51. The summed E-state index contributed by atoms with van der Waals surface area (Å²) in [6.07, 6.45) is 0.986. The van der Waals surface area contributed by atoms with Gasteiger partial charge in [0.05, 0.1) is 10.2 Å². The van der Waals surface area contributed by atoms with Crippen molar-refractivity contribution in [3.63, 3.8) is 0 Å². The van der Waals surface area contributed by atoms with Crippen molar-refractivity contribution in [1.82, 2.24) is 20.5 Å². The topological polar surface area (TPSA) is 132 Å². The lowest BCUT2D eigenvalue weighted by Crippen LogP contribution is -2.25. The molecule has 34 heavy (non-hydrogen) atoms. The molecule has 174 valence electrons. The highest BCUT2D eigenvalue weighted by Gasteiger charge is 2.36. The molecule has 13 heteroatoms. The van der Waals surface area contributed by atoms with E-state index in [2.05, 4.69) is 20.5 Å². The van der Waals surface area contributed by atoms with Gasteiger partial charge in [0, 0.05) is 24.3 Å². The first-order valence-corrected chi connectivity index (χ1v) is 13.5. The third-order valence-corrected chi connectivity index (χ3v) is 8.56. The fourth-order valence-corrected chi connectivity index (χ4v) is 6.85. The molecule has 3 heterocycles. The van der Waals surface area contributed by atoms with Gasteiger partial charge in [-0.1, -0.05) is 42.1 Å². The molecule has 9 nitrogen and oxygen atoms in total. The van der Waals surface area contributed by atoms with E-state index in [0.29, 0.717) is 21.3 Å². The molecule has 2 aromatic carbocycles. The lowest BCUT2D eigenvalue weighted by atomic mass is 10.1. The van der Waals surface area contributed by atoms with Crippen molar-refractivity contribution >= 4 is 54.3 Å². The summed E-state index contributed by atoms with van der Waals surface area (Å²) in [4.78, 5) is 27.5. The van der Waals surface area contributed by atoms with Gasteiger partial charge >= 0.3 is 0 Å². The molecule has 0 spiro atoms. The number of aromatic nitrogens is 3. The minimum atomic E-state index is -3.81. The maximum Gasteiger partial charge on any atom is 0.286 e. The summed E-state index contributed by atoms with van der Waals surface area (Å²) < 4.78 is 46.3. The molecule has 2 atom stereocenters. The zero-order chi connectivity index (χ0) is 24.0. The molecule has 4 aromatic rings. The van der Waals surface area contributed by atoms with E-state index in [1.165, 1.54) is 6.07 Å². The van der Waals surface area contributed by atoms with Crippen molar-refractivity contribution in [3.8, 4) is 11.1 Å². The van der Waals surface area contributed by atoms with Gasteiger partial charge in [-0.15, -0.1) is 21.5 Å². The number of benzene rings is 2. The second kappa shape index (κ2) is 8.56. The molecular weight excluding hydrogens is 503 g/mol. The predicted molar refractivity (Wildman–Crippen MR) is 125 cm³/mol. The number of sulfone groups is 1. The van der Waals surface area contributed by atoms with Crippen molar-refractivity contribution < 1.29 is 26.8 Å². The maximum atomic E-state index is 14.8. The van der Waals surface area contributed by atoms with Gasteiger partial charge in [0.25, 0.3) is 5.24 Å². The molecule has 0 radical (unpaired) electrons. The molecule has 5 rings (SSSR count). The minimum Gasteiger partial charge on any atom is -0.423 e. The van der Waals surface area contributed by atoms with Gasteiger partial charge in [-0.2, -0.15) is 0 Å². The number of rotatable bonds is 6. The fraction of sp³-hybridized carbons (Fsp3) is 0.190. The third kappa shape index (κ3) is 4.33. The van der Waals surface area contributed by atoms with Crippen LogP contribution in [-0.4, -0.2) is 46.3 Å². The molecular formula is C21H15FN4O5S3. The van der Waals surface area contributed by atoms with Crippen LogP contribution in [0.4, 0.5) is 9.18 Å². The number of thioether (sulfide) groups is 1. The molecule has 0 saturated carbocycles. The van der Waals surface area contributed by atoms with Gasteiger partial charge in [0.1, 0.15) is 16.1 Å². The highest BCUT2D eigenvalue weighted by atomic mass is 32.2. The van der Waals surface area contributed by atoms with Crippen molar-refractivity contribution in [2.24, 2.45) is 0 Å². The van der Waals surface area contributed by atoms with Crippen LogP contribution < -0.4 is 5.32 Å². The molecule has 0 bridgehead atoms. The Morgan fingerprint density at radius 3 is 2.62 bits per heavy atom. The normalized spacial score (nSPS) is 17.3. The maximum absolute atomic E-state index is 14.8. The standard InChI is InChI=1S/C21H15FN4O5S3/c1-34(29,30)17(19-26-25-16(31-19)9-15-18(27)24-21(28)33-15)20-23-13-8-12(22)11(7-14(13)32-20)10-5-3-2-4-6-10/h2-8,15,17H,9H2,1H3,(H,24,27,28). The second-order valence-electron chi connectivity index (χ2n) is 7.55. The highest BCUT2D eigenvalue weighted by Crippen LogP contribution is 2.37. The molecule has 1 saturated heterocycles. The summed E-state index contributed by atoms with van der Waals surface area (Å²) in [5.41, 5.74) is 1.37. The molecule has 2 aromatic heterocycles. The van der Waals surface area contributed by atoms with E-state index >= 15 is 0 Å². The number of fused-ring (bicyclic) bond motifs is 1. The summed E-state index contributed by atoms with van der Waals surface area (Å²) in [7, 11) is -3.81. The van der Waals surface area contributed by atoms with E-state index in [1.54, 1.807) is 30.3 Å². The van der Waals surface area contributed by atoms with Crippen molar-refractivity contribution in [2.75, 3.05) is 6.26 Å². The number of imide groups is 1. The van der Waals surface area contributed by atoms with Crippen LogP contribution in [0.5, 0.6) is 0 Å². The van der Waals surface area contributed by atoms with Gasteiger partial charge in [-0.3, -0.25) is 14.9 Å². The molecule has 2 unspecified atom stereocenters. The SMILES string of the molecule is CS(=O)(=O)C(c1nnc(CC2SC(=O)NC2=O)o1)c1nc2cc(F)c(-c3ccccc3)cc2s1. The number of amides is 2. The van der Waals surface area contributed by atoms with Crippen molar-refractivity contribution in [3.05, 3.63) is 65.1 Å². The monoisotopic (exact) mass is 518 g/mol. The van der Waals surface area contributed by atoms with E-state index in [1.807, 2.05) is 6.07 Å². The number of halogens is 1. The van der Waals surface area contributed by atoms with Gasteiger partial charge in [0.2, 0.25) is 17.7 Å². The first-order chi connectivity index (χ1) is 16.2. The Morgan fingerprint density at radius 1 is 1.18 bits per heavy atom. The van der Waals surface area contributed by atoms with E-state index in [4.69, 9.17) is 4.42 Å². The first kappa shape index (κ1) is 22.6. The number of carbonyl (C=O) groups excluding carboxylic acids is 2. The van der Waals surface area contributed by atoms with Crippen LogP contribution in [0.2, 0.25) is 0 Å². The average Bonchev–Trinajstić information content (AvgIpc) is 3.46. The van der Waals surface area contributed by atoms with Crippen LogP contribution in [0, 0.1) is 5.82 Å². The summed E-state index contributed by atoms with van der Waals surface area (Å²) >= 11 is 1.89. The van der Waals surface area contributed by atoms with Crippen LogP contribution in [-0.2, 0) is 21.1 Å². The second-order valence-corrected chi connectivity index (χ2v) is 11.9. The Hall–Kier alpha value is -3.16. The number of hydrogen-bond donors (Lipinski definition) is 1. The zero-order valence-electron chi connectivity index (χ0n) is 17.4. The molecule has 1 N–H and O–H groups in total. The number of nitrogens with zero attached hydrogens (tertiary/aromatic N) is 3. The quantitative estimate of drug-likeness (QED) is 0.407. The lowest BCUT2D eigenvalue weighted by Gasteiger charge is -2.07. The molecule has 1 aliphatic heterocycles. The molecule has 2 amide bonds. The smallest absolute Gasteiger partial charge is 0.286 e. The first-order valence-electron chi connectivity index (χ1n) is 9.87. The van der Waals surface area contributed by atoms with E-state index in [-0.39, 0.29) is 23.2 Å². The van der Waals surface area contributed by atoms with Crippen molar-refractivity contribution in [2.45, 2.75) is 16.9 Å². The summed E-state index contributed by atoms with van der Waals surface area (Å²) in [5, 5.41) is 7.47. The van der Waals surface area contributed by atoms with Crippen LogP contribution in [0.25, 0.3) is 21.3 Å². The van der Waals surface area contributed by atoms with Crippen LogP contribution in [0.3, 0.4) is 0 Å². The fourth-order valence-electron chi connectivity index (χ4n) is 3.53. The Morgan fingerprint density at radius 2 is 1.94 bits per heavy atom. The number of nitrogens with one attached hydrogen (secondary N) is 1. The van der Waals surface area contributed by atoms with Gasteiger partial charge in [0.15, 0.2) is 15.1 Å². The van der Waals surface area contributed by atoms with Crippen LogP contribution in [0.15, 0.2) is 46.9 Å². The largest absolute Gasteiger partial charge is 0.423 e. The van der Waals surface area contributed by atoms with Crippen LogP contribution >= 0.6 is 23.1 Å². The van der Waals surface area contributed by atoms with Crippen LogP contribution in [0.1, 0.15) is 22.0 Å². The molecule has 1 aliphatic rings.